The molecule has 3 N–H and O–H groups in total. The van der Waals surface area contributed by atoms with Crippen molar-refractivity contribution < 1.29 is 33.4 Å². The fourth-order valence-electron chi connectivity index (χ4n) is 4.02. The summed E-state index contributed by atoms with van der Waals surface area (Å²) >= 11 is 0. The van der Waals surface area contributed by atoms with Gasteiger partial charge in [0.25, 0.3) is 5.91 Å². The third-order valence-corrected chi connectivity index (χ3v) is 5.80. The number of carboxylic acids is 1. The van der Waals surface area contributed by atoms with E-state index in [0.717, 1.165) is 0 Å². The van der Waals surface area contributed by atoms with Gasteiger partial charge in [-0.3, -0.25) is 15.0 Å². The Morgan fingerprint density at radius 3 is 2.43 bits per heavy atom. The van der Waals surface area contributed by atoms with Crippen molar-refractivity contribution in [2.45, 2.75) is 39.7 Å². The molecule has 1 amide bonds. The van der Waals surface area contributed by atoms with Gasteiger partial charge < -0.3 is 24.8 Å². The standard InChI is InChI=1S/C26H30FN3O6.BrH/c1-6-35-23-16(25(34)29-5)10-15-17(22(23)27)11-30(24(15)28)12-19(31)14-7-8-20(36-13-21(32)33)18(9-14)26(2,3)4;/h7-10,28H,6,11-13H2,1-5H3,(H,29,34)(H,32,33);1H. The number of halogens is 2. The Balaban J connectivity index is 0.00000481. The van der Waals surface area contributed by atoms with E-state index in [1.54, 1.807) is 25.1 Å². The summed E-state index contributed by atoms with van der Waals surface area (Å²) in [7, 11) is 1.42. The summed E-state index contributed by atoms with van der Waals surface area (Å²) < 4.78 is 26.1. The number of aliphatic carboxylic acids is 1. The lowest BCUT2D eigenvalue weighted by Gasteiger charge is -2.24. The van der Waals surface area contributed by atoms with Crippen LogP contribution in [0.3, 0.4) is 0 Å². The van der Waals surface area contributed by atoms with Crippen molar-refractivity contribution in [3.63, 3.8) is 0 Å². The highest BCUT2D eigenvalue weighted by Gasteiger charge is 2.33. The summed E-state index contributed by atoms with van der Waals surface area (Å²) in [6.45, 7) is 6.86. The molecule has 0 spiro atoms. The van der Waals surface area contributed by atoms with Crippen LogP contribution in [-0.4, -0.2) is 60.3 Å². The quantitative estimate of drug-likeness (QED) is 0.383. The lowest BCUT2D eigenvalue weighted by atomic mass is 9.85. The van der Waals surface area contributed by atoms with E-state index in [2.05, 4.69) is 5.32 Å². The maximum atomic E-state index is 15.3. The smallest absolute Gasteiger partial charge is 0.341 e. The Morgan fingerprint density at radius 1 is 1.19 bits per heavy atom. The van der Waals surface area contributed by atoms with Gasteiger partial charge in [-0.2, -0.15) is 0 Å². The fraction of sp³-hybridized carbons (Fsp3) is 0.385. The average molecular weight is 580 g/mol. The minimum atomic E-state index is -1.11. The molecule has 0 saturated heterocycles. The Labute approximate surface area is 225 Å². The van der Waals surface area contributed by atoms with Gasteiger partial charge in [-0.15, -0.1) is 17.0 Å². The number of fused-ring (bicyclic) bond motifs is 1. The molecule has 1 heterocycles. The Hall–Kier alpha value is -3.47. The van der Waals surface area contributed by atoms with Crippen molar-refractivity contribution in [3.8, 4) is 11.5 Å². The first kappa shape index (κ1) is 29.8. The van der Waals surface area contributed by atoms with E-state index >= 15 is 4.39 Å². The lowest BCUT2D eigenvalue weighted by molar-refractivity contribution is -0.139. The summed E-state index contributed by atoms with van der Waals surface area (Å²) in [5.74, 6) is -2.55. The number of carboxylic acid groups (broad SMARTS) is 1. The molecule has 9 nitrogen and oxygen atoms in total. The molecule has 1 aliphatic rings. The fourth-order valence-corrected chi connectivity index (χ4v) is 4.02. The number of hydrogen-bond donors (Lipinski definition) is 3. The molecule has 0 unspecified atom stereocenters. The summed E-state index contributed by atoms with van der Waals surface area (Å²) in [5.41, 5.74) is 0.993. The zero-order valence-electron chi connectivity index (χ0n) is 21.4. The average Bonchev–Trinajstić information content (AvgIpc) is 3.13. The van der Waals surface area contributed by atoms with E-state index < -0.39 is 29.7 Å². The molecular weight excluding hydrogens is 549 g/mol. The van der Waals surface area contributed by atoms with Crippen molar-refractivity contribution >= 4 is 40.5 Å². The number of carbonyl (C=O) groups excluding carboxylic acids is 2. The van der Waals surface area contributed by atoms with Crippen LogP contribution in [0.5, 0.6) is 11.5 Å². The third-order valence-electron chi connectivity index (χ3n) is 5.80. The predicted octanol–water partition coefficient (Wildman–Crippen LogP) is 3.95. The molecule has 3 rings (SSSR count). The number of ether oxygens (including phenoxy) is 2. The van der Waals surface area contributed by atoms with Gasteiger partial charge in [-0.1, -0.05) is 20.8 Å². The number of carbonyl (C=O) groups is 3. The number of benzene rings is 2. The summed E-state index contributed by atoms with van der Waals surface area (Å²) in [4.78, 5) is 37.8. The Kier molecular flexibility index (Phi) is 9.43. The van der Waals surface area contributed by atoms with E-state index in [4.69, 9.17) is 20.0 Å². The number of nitrogens with zero attached hydrogens (tertiary/aromatic N) is 1. The first-order chi connectivity index (χ1) is 16.9. The first-order valence-electron chi connectivity index (χ1n) is 11.4. The lowest BCUT2D eigenvalue weighted by Crippen LogP contribution is -2.30. The molecule has 2 aromatic carbocycles. The van der Waals surface area contributed by atoms with Crippen LogP contribution in [0.2, 0.25) is 0 Å². The number of rotatable bonds is 9. The molecule has 11 heteroatoms. The minimum absolute atomic E-state index is 0. The van der Waals surface area contributed by atoms with Crippen molar-refractivity contribution in [2.24, 2.45) is 0 Å². The number of Topliss-reactive ketones (excluding diaryl/α,β-unsaturated/α-hetero) is 1. The van der Waals surface area contributed by atoms with Crippen LogP contribution in [-0.2, 0) is 16.8 Å². The van der Waals surface area contributed by atoms with E-state index in [9.17, 15) is 14.4 Å². The topological polar surface area (TPSA) is 129 Å². The van der Waals surface area contributed by atoms with Gasteiger partial charge in [0.1, 0.15) is 11.6 Å². The SMILES string of the molecule is Br.CCOc1c(C(=O)NC)cc2c(c1F)CN(CC(=O)c1ccc(OCC(=O)O)c(C(C)(C)C)c1)C2=N. The number of amides is 1. The van der Waals surface area contributed by atoms with Crippen LogP contribution < -0.4 is 14.8 Å². The van der Waals surface area contributed by atoms with Crippen molar-refractivity contribution in [2.75, 3.05) is 26.8 Å². The first-order valence-corrected chi connectivity index (χ1v) is 11.4. The summed E-state index contributed by atoms with van der Waals surface area (Å²) in [5, 5.41) is 19.9. The highest BCUT2D eigenvalue weighted by atomic mass is 79.9. The molecule has 0 atom stereocenters. The van der Waals surface area contributed by atoms with Gasteiger partial charge in [-0.25, -0.2) is 9.18 Å². The van der Waals surface area contributed by atoms with Gasteiger partial charge in [0.15, 0.2) is 24.0 Å². The second-order valence-electron chi connectivity index (χ2n) is 9.38. The van der Waals surface area contributed by atoms with Crippen molar-refractivity contribution in [1.29, 1.82) is 5.41 Å². The molecule has 0 fully saturated rings. The molecule has 0 aliphatic carbocycles. The normalized spacial score (nSPS) is 12.5. The van der Waals surface area contributed by atoms with E-state index in [0.29, 0.717) is 16.9 Å². The van der Waals surface area contributed by atoms with Gasteiger partial charge in [0.2, 0.25) is 0 Å². The highest BCUT2D eigenvalue weighted by molar-refractivity contribution is 8.93. The molecule has 2 aromatic rings. The van der Waals surface area contributed by atoms with Crippen LogP contribution in [0.4, 0.5) is 4.39 Å². The highest BCUT2D eigenvalue weighted by Crippen LogP contribution is 2.35. The Bertz CT molecular complexity index is 1240. The molecule has 0 bridgehead atoms. The maximum Gasteiger partial charge on any atom is 0.341 e. The number of nitrogens with one attached hydrogen (secondary N) is 2. The summed E-state index contributed by atoms with van der Waals surface area (Å²) in [6, 6.07) is 6.18. The van der Waals surface area contributed by atoms with Crippen LogP contribution in [0, 0.1) is 11.2 Å². The van der Waals surface area contributed by atoms with Gasteiger partial charge in [0, 0.05) is 35.8 Å². The van der Waals surface area contributed by atoms with Gasteiger partial charge >= 0.3 is 5.97 Å². The molecule has 0 aromatic heterocycles. The van der Waals surface area contributed by atoms with Crippen LogP contribution >= 0.6 is 17.0 Å². The molecule has 0 radical (unpaired) electrons. The number of hydrogen-bond acceptors (Lipinski definition) is 6. The van der Waals surface area contributed by atoms with Crippen LogP contribution in [0.1, 0.15) is 65.1 Å². The molecular formula is C26H31BrFN3O6. The number of ketones is 1. The van der Waals surface area contributed by atoms with Crippen molar-refractivity contribution in [3.05, 3.63) is 57.9 Å². The maximum absolute atomic E-state index is 15.3. The molecule has 37 heavy (non-hydrogen) atoms. The predicted molar refractivity (Wildman–Crippen MR) is 141 cm³/mol. The van der Waals surface area contributed by atoms with Crippen LogP contribution in [0.25, 0.3) is 0 Å². The van der Waals surface area contributed by atoms with Crippen molar-refractivity contribution in [1.82, 2.24) is 10.2 Å². The molecule has 0 saturated carbocycles. The molecule has 200 valence electrons. The second-order valence-corrected chi connectivity index (χ2v) is 9.38. The Morgan fingerprint density at radius 2 is 1.86 bits per heavy atom. The monoisotopic (exact) mass is 579 g/mol. The van der Waals surface area contributed by atoms with Gasteiger partial charge in [-0.05, 0) is 36.6 Å². The molecule has 1 aliphatic heterocycles. The van der Waals surface area contributed by atoms with E-state index in [1.807, 2.05) is 20.8 Å². The van der Waals surface area contributed by atoms with Crippen LogP contribution in [0.15, 0.2) is 24.3 Å². The van der Waals surface area contributed by atoms with Gasteiger partial charge in [0.05, 0.1) is 18.7 Å². The summed E-state index contributed by atoms with van der Waals surface area (Å²) in [6.07, 6.45) is 0. The van der Waals surface area contributed by atoms with E-state index in [1.165, 1.54) is 18.0 Å². The minimum Gasteiger partial charge on any atom is -0.490 e. The third kappa shape index (κ3) is 6.27. The van der Waals surface area contributed by atoms with E-state index in [-0.39, 0.29) is 70.7 Å². The zero-order chi connectivity index (χ0) is 26.8. The second kappa shape index (κ2) is 11.7. The number of amidine groups is 1. The zero-order valence-corrected chi connectivity index (χ0v) is 23.1. The largest absolute Gasteiger partial charge is 0.490 e.